The van der Waals surface area contributed by atoms with Crippen LogP contribution in [0.2, 0.25) is 0 Å². The van der Waals surface area contributed by atoms with Crippen LogP contribution in [0.1, 0.15) is 13.8 Å². The molecule has 0 fully saturated rings. The van der Waals surface area contributed by atoms with Crippen molar-refractivity contribution in [2.45, 2.75) is 25.6 Å². The summed E-state index contributed by atoms with van der Waals surface area (Å²) in [5, 5.41) is -0.412. The van der Waals surface area contributed by atoms with Crippen molar-refractivity contribution in [2.75, 3.05) is 5.75 Å². The van der Waals surface area contributed by atoms with Gasteiger partial charge in [-0.1, -0.05) is 0 Å². The lowest BCUT2D eigenvalue weighted by Crippen LogP contribution is -2.26. The molecule has 1 rings (SSSR count). The molecule has 1 aromatic rings. The Kier molecular flexibility index (Phi) is 3.62. The molecule has 0 aliphatic heterocycles. The minimum atomic E-state index is -3.10. The molecule has 0 N–H and O–H groups in total. The normalized spacial score (nSPS) is 11.9. The predicted molar refractivity (Wildman–Crippen MR) is 57.4 cm³/mol. The van der Waals surface area contributed by atoms with E-state index in [0.717, 1.165) is 0 Å². The highest BCUT2D eigenvalue weighted by molar-refractivity contribution is 7.91. The average Bonchev–Trinajstić information content (AvgIpc) is 2.16. The summed E-state index contributed by atoms with van der Waals surface area (Å²) in [6.07, 6.45) is 2.73. The maximum atomic E-state index is 11.5. The van der Waals surface area contributed by atoms with Crippen molar-refractivity contribution >= 4 is 9.84 Å². The van der Waals surface area contributed by atoms with E-state index in [4.69, 9.17) is 0 Å². The van der Waals surface area contributed by atoms with Crippen molar-refractivity contribution in [3.63, 3.8) is 0 Å². The predicted octanol–water partition coefficient (Wildman–Crippen LogP) is 0.0665. The van der Waals surface area contributed by atoms with E-state index in [2.05, 4.69) is 4.98 Å². The van der Waals surface area contributed by atoms with Crippen molar-refractivity contribution in [2.24, 2.45) is 0 Å². The van der Waals surface area contributed by atoms with Gasteiger partial charge in [0.1, 0.15) is 0 Å². The molecule has 0 bridgehead atoms. The van der Waals surface area contributed by atoms with Gasteiger partial charge in [0.25, 0.3) is 5.56 Å². The Balaban J connectivity index is 2.75. The maximum absolute atomic E-state index is 11.5. The number of hydrogen-bond acceptors (Lipinski definition) is 4. The highest BCUT2D eigenvalue weighted by Gasteiger charge is 2.15. The van der Waals surface area contributed by atoms with Gasteiger partial charge in [-0.25, -0.2) is 13.4 Å². The fourth-order valence-electron chi connectivity index (χ4n) is 1.01. The summed E-state index contributed by atoms with van der Waals surface area (Å²) in [6.45, 7) is 3.41. The first-order chi connectivity index (χ1) is 6.93. The first-order valence-electron chi connectivity index (χ1n) is 4.65. The van der Waals surface area contributed by atoms with E-state index in [-0.39, 0.29) is 17.9 Å². The topological polar surface area (TPSA) is 69.0 Å². The van der Waals surface area contributed by atoms with Gasteiger partial charge in [0.2, 0.25) is 0 Å². The molecule has 0 aliphatic carbocycles. The Bertz CT molecular complexity index is 476. The zero-order chi connectivity index (χ0) is 11.5. The lowest BCUT2D eigenvalue weighted by Gasteiger charge is -2.08. The van der Waals surface area contributed by atoms with Crippen LogP contribution in [0.15, 0.2) is 23.4 Å². The van der Waals surface area contributed by atoms with Gasteiger partial charge in [-0.15, -0.1) is 0 Å². The quantitative estimate of drug-likeness (QED) is 0.733. The third kappa shape index (κ3) is 3.16. The molecule has 84 valence electrons. The largest absolute Gasteiger partial charge is 0.298 e. The van der Waals surface area contributed by atoms with Crippen LogP contribution < -0.4 is 5.56 Å². The van der Waals surface area contributed by atoms with Gasteiger partial charge in [0.05, 0.1) is 17.3 Å². The van der Waals surface area contributed by atoms with Crippen LogP contribution >= 0.6 is 0 Å². The molecule has 15 heavy (non-hydrogen) atoms. The molecule has 0 spiro atoms. The smallest absolute Gasteiger partial charge is 0.253 e. The van der Waals surface area contributed by atoms with Crippen LogP contribution in [-0.4, -0.2) is 29.0 Å². The zero-order valence-electron chi connectivity index (χ0n) is 8.75. The number of aromatic nitrogens is 2. The lowest BCUT2D eigenvalue weighted by atomic mass is 10.6. The molecule has 0 unspecified atom stereocenters. The van der Waals surface area contributed by atoms with E-state index < -0.39 is 15.1 Å². The highest BCUT2D eigenvalue weighted by atomic mass is 32.2. The average molecular weight is 230 g/mol. The number of sulfone groups is 1. The van der Waals surface area contributed by atoms with Crippen molar-refractivity contribution < 1.29 is 8.42 Å². The van der Waals surface area contributed by atoms with Crippen LogP contribution in [0.25, 0.3) is 0 Å². The number of rotatable bonds is 4. The Hall–Kier alpha value is -1.17. The molecular weight excluding hydrogens is 216 g/mol. The van der Waals surface area contributed by atoms with Crippen molar-refractivity contribution in [1.29, 1.82) is 0 Å². The van der Waals surface area contributed by atoms with Gasteiger partial charge in [-0.3, -0.25) is 9.36 Å². The van der Waals surface area contributed by atoms with Crippen LogP contribution in [0.3, 0.4) is 0 Å². The molecule has 5 nitrogen and oxygen atoms in total. The van der Waals surface area contributed by atoms with Crippen LogP contribution in [0.4, 0.5) is 0 Å². The molecule has 6 heteroatoms. The Morgan fingerprint density at radius 2 is 2.13 bits per heavy atom. The molecule has 1 aromatic heterocycles. The minimum absolute atomic E-state index is 0.0315. The molecule has 0 saturated heterocycles. The zero-order valence-corrected chi connectivity index (χ0v) is 9.57. The van der Waals surface area contributed by atoms with Crippen molar-refractivity contribution in [1.82, 2.24) is 9.55 Å². The summed E-state index contributed by atoms with van der Waals surface area (Å²) in [4.78, 5) is 15.0. The Morgan fingerprint density at radius 1 is 1.47 bits per heavy atom. The minimum Gasteiger partial charge on any atom is -0.298 e. The lowest BCUT2D eigenvalue weighted by molar-refractivity contribution is 0.577. The van der Waals surface area contributed by atoms with E-state index in [9.17, 15) is 13.2 Å². The van der Waals surface area contributed by atoms with Crippen LogP contribution in [-0.2, 0) is 16.4 Å². The molecular formula is C9H14N2O3S. The summed E-state index contributed by atoms with van der Waals surface area (Å²) < 4.78 is 24.2. The Labute approximate surface area is 88.7 Å². The third-order valence-electron chi connectivity index (χ3n) is 2.13. The monoisotopic (exact) mass is 230 g/mol. The standard InChI is InChI=1S/C9H14N2O3S/c1-8(2)15(13,14)6-5-11-7-10-4-3-9(11)12/h3-4,7-8H,5-6H2,1-2H3. The fourth-order valence-corrected chi connectivity index (χ4v) is 1.93. The summed E-state index contributed by atoms with van der Waals surface area (Å²) in [5.74, 6) is -0.0315. The summed E-state index contributed by atoms with van der Waals surface area (Å²) >= 11 is 0. The van der Waals surface area contributed by atoms with Crippen molar-refractivity contribution in [3.8, 4) is 0 Å². The summed E-state index contributed by atoms with van der Waals surface area (Å²) in [6, 6.07) is 1.31. The van der Waals surface area contributed by atoms with Crippen LogP contribution in [0.5, 0.6) is 0 Å². The summed E-state index contributed by atoms with van der Waals surface area (Å²) in [7, 11) is -3.10. The van der Waals surface area contributed by atoms with Gasteiger partial charge in [-0.05, 0) is 13.8 Å². The van der Waals surface area contributed by atoms with Crippen LogP contribution in [0, 0.1) is 0 Å². The van der Waals surface area contributed by atoms with E-state index >= 15 is 0 Å². The molecule has 0 radical (unpaired) electrons. The molecule has 0 saturated carbocycles. The van der Waals surface area contributed by atoms with Gasteiger partial charge in [0.15, 0.2) is 9.84 Å². The third-order valence-corrected chi connectivity index (χ3v) is 4.32. The number of nitrogens with zero attached hydrogens (tertiary/aromatic N) is 2. The van der Waals surface area contributed by atoms with E-state index in [1.165, 1.54) is 23.2 Å². The second-order valence-corrected chi connectivity index (χ2v) is 6.20. The van der Waals surface area contributed by atoms with E-state index in [1.54, 1.807) is 13.8 Å². The van der Waals surface area contributed by atoms with Crippen molar-refractivity contribution in [3.05, 3.63) is 28.9 Å². The molecule has 0 aromatic carbocycles. The highest BCUT2D eigenvalue weighted by Crippen LogP contribution is 2.00. The Morgan fingerprint density at radius 3 is 2.67 bits per heavy atom. The molecule has 0 atom stereocenters. The first kappa shape index (κ1) is 11.9. The maximum Gasteiger partial charge on any atom is 0.253 e. The number of hydrogen-bond donors (Lipinski definition) is 0. The fraction of sp³-hybridized carbons (Fsp3) is 0.556. The van der Waals surface area contributed by atoms with Gasteiger partial charge in [0, 0.05) is 18.8 Å². The summed E-state index contributed by atoms with van der Waals surface area (Å²) in [5.41, 5.74) is -0.232. The molecule has 1 heterocycles. The second-order valence-electron chi connectivity index (χ2n) is 3.53. The van der Waals surface area contributed by atoms with E-state index in [0.29, 0.717) is 0 Å². The molecule has 0 aliphatic rings. The van der Waals surface area contributed by atoms with Gasteiger partial charge >= 0.3 is 0 Å². The molecule has 0 amide bonds. The van der Waals surface area contributed by atoms with E-state index in [1.807, 2.05) is 0 Å². The second kappa shape index (κ2) is 4.57. The van der Waals surface area contributed by atoms with Gasteiger partial charge < -0.3 is 0 Å². The SMILES string of the molecule is CC(C)S(=O)(=O)CCn1cnccc1=O. The number of aryl methyl sites for hydroxylation is 1. The first-order valence-corrected chi connectivity index (χ1v) is 6.37. The van der Waals surface area contributed by atoms with Gasteiger partial charge in [-0.2, -0.15) is 0 Å².